The van der Waals surface area contributed by atoms with Crippen molar-refractivity contribution in [2.24, 2.45) is 0 Å². The van der Waals surface area contributed by atoms with Crippen LogP contribution in [-0.4, -0.2) is 46.5 Å². The second-order valence-electron chi connectivity index (χ2n) is 9.90. The molecule has 2 unspecified atom stereocenters. The van der Waals surface area contributed by atoms with E-state index in [9.17, 15) is 28.4 Å². The molecule has 1 aliphatic carbocycles. The summed E-state index contributed by atoms with van der Waals surface area (Å²) in [5.74, 6) is -2.81. The normalized spacial score (nSPS) is 19.5. The zero-order valence-electron chi connectivity index (χ0n) is 20.8. The molecule has 2 heterocycles. The van der Waals surface area contributed by atoms with Gasteiger partial charge < -0.3 is 10.2 Å². The number of rotatable bonds is 7. The molecule has 0 aromatic heterocycles. The molecule has 2 aromatic carbocycles. The number of amides is 5. The summed E-state index contributed by atoms with van der Waals surface area (Å²) in [6, 6.07) is 6.99. The Kier molecular flexibility index (Phi) is 6.56. The first-order valence-electron chi connectivity index (χ1n) is 12.5. The number of hydrogen-bond acceptors (Lipinski definition) is 5. The van der Waals surface area contributed by atoms with E-state index < -0.39 is 35.6 Å². The third-order valence-electron chi connectivity index (χ3n) is 7.01. The number of benzene rings is 2. The second kappa shape index (κ2) is 9.85. The van der Waals surface area contributed by atoms with E-state index in [2.05, 4.69) is 17.2 Å². The topological polar surface area (TPSA) is 116 Å². The first-order valence-corrected chi connectivity index (χ1v) is 12.5. The summed E-state index contributed by atoms with van der Waals surface area (Å²) >= 11 is 0. The van der Waals surface area contributed by atoms with Gasteiger partial charge in [-0.05, 0) is 79.3 Å². The Labute approximate surface area is 218 Å². The van der Waals surface area contributed by atoms with Crippen LogP contribution in [0.2, 0.25) is 0 Å². The lowest BCUT2D eigenvalue weighted by Crippen LogP contribution is -2.52. The zero-order chi connectivity index (χ0) is 27.1. The van der Waals surface area contributed by atoms with Crippen molar-refractivity contribution in [3.8, 4) is 0 Å². The van der Waals surface area contributed by atoms with Crippen LogP contribution < -0.4 is 15.5 Å². The van der Waals surface area contributed by atoms with Crippen molar-refractivity contribution in [3.05, 3.63) is 77.1 Å². The van der Waals surface area contributed by atoms with Gasteiger partial charge in [-0.15, -0.1) is 0 Å². The van der Waals surface area contributed by atoms with E-state index in [-0.39, 0.29) is 37.2 Å². The largest absolute Gasteiger partial charge is 0.351 e. The van der Waals surface area contributed by atoms with E-state index in [0.717, 1.165) is 18.9 Å². The average Bonchev–Trinajstić information content (AvgIpc) is 3.62. The van der Waals surface area contributed by atoms with Gasteiger partial charge >= 0.3 is 0 Å². The van der Waals surface area contributed by atoms with Gasteiger partial charge in [0, 0.05) is 30.3 Å². The van der Waals surface area contributed by atoms with Crippen LogP contribution in [0, 0.1) is 12.7 Å². The molecule has 1 saturated heterocycles. The predicted octanol–water partition coefficient (Wildman–Crippen LogP) is 2.43. The van der Waals surface area contributed by atoms with Crippen molar-refractivity contribution < 1.29 is 28.4 Å². The van der Waals surface area contributed by atoms with E-state index >= 15 is 0 Å². The quantitative estimate of drug-likeness (QED) is 0.432. The summed E-state index contributed by atoms with van der Waals surface area (Å²) in [6.07, 6.45) is 3.09. The third kappa shape index (κ3) is 4.81. The van der Waals surface area contributed by atoms with E-state index in [1.165, 1.54) is 21.9 Å². The van der Waals surface area contributed by atoms with E-state index in [4.69, 9.17) is 0 Å². The molecule has 38 heavy (non-hydrogen) atoms. The number of piperidine rings is 1. The molecule has 2 aliphatic heterocycles. The van der Waals surface area contributed by atoms with E-state index in [0.29, 0.717) is 27.9 Å². The molecule has 9 nitrogen and oxygen atoms in total. The van der Waals surface area contributed by atoms with Gasteiger partial charge in [0.15, 0.2) is 0 Å². The molecule has 0 radical (unpaired) electrons. The van der Waals surface area contributed by atoms with Crippen LogP contribution in [0.5, 0.6) is 0 Å². The van der Waals surface area contributed by atoms with Crippen LogP contribution in [0.1, 0.15) is 58.8 Å². The van der Waals surface area contributed by atoms with Gasteiger partial charge in [0.1, 0.15) is 17.9 Å². The summed E-state index contributed by atoms with van der Waals surface area (Å²) in [5.41, 5.74) is 2.15. The lowest BCUT2D eigenvalue weighted by atomic mass is 9.99. The fourth-order valence-electron chi connectivity index (χ4n) is 5.06. The minimum absolute atomic E-state index is 0.0000564. The summed E-state index contributed by atoms with van der Waals surface area (Å²) in [6.45, 7) is 5.39. The van der Waals surface area contributed by atoms with E-state index in [1.807, 2.05) is 0 Å². The number of nitrogens with one attached hydrogen (secondary N) is 2. The molecule has 3 aliphatic rings. The number of aryl methyl sites for hydroxylation is 1. The van der Waals surface area contributed by atoms with Gasteiger partial charge in [-0.3, -0.25) is 34.2 Å². The van der Waals surface area contributed by atoms with E-state index in [1.54, 1.807) is 31.2 Å². The summed E-state index contributed by atoms with van der Waals surface area (Å²) in [4.78, 5) is 66.4. The highest BCUT2D eigenvalue weighted by Crippen LogP contribution is 2.35. The average molecular weight is 519 g/mol. The molecular formula is C28H27FN4O5. The van der Waals surface area contributed by atoms with Crippen molar-refractivity contribution in [1.82, 2.24) is 15.5 Å². The number of fused-ring (bicyclic) bond motifs is 1. The van der Waals surface area contributed by atoms with Gasteiger partial charge in [0.2, 0.25) is 17.7 Å². The molecule has 0 bridgehead atoms. The first kappa shape index (κ1) is 25.3. The van der Waals surface area contributed by atoms with Crippen molar-refractivity contribution in [2.45, 2.75) is 57.3 Å². The highest BCUT2D eigenvalue weighted by Gasteiger charge is 2.40. The monoisotopic (exact) mass is 518 g/mol. The Morgan fingerprint density at radius 2 is 1.92 bits per heavy atom. The Morgan fingerprint density at radius 1 is 1.16 bits per heavy atom. The molecule has 10 heteroatoms. The van der Waals surface area contributed by atoms with Crippen molar-refractivity contribution in [2.75, 3.05) is 4.90 Å². The van der Waals surface area contributed by atoms with Gasteiger partial charge in [0.05, 0.1) is 0 Å². The Bertz CT molecular complexity index is 1370. The lowest BCUT2D eigenvalue weighted by molar-refractivity contribution is -0.137. The van der Waals surface area contributed by atoms with Gasteiger partial charge in [-0.2, -0.15) is 0 Å². The van der Waals surface area contributed by atoms with Crippen LogP contribution in [0.3, 0.4) is 0 Å². The Balaban J connectivity index is 1.53. The van der Waals surface area contributed by atoms with Crippen LogP contribution in [0.4, 0.5) is 10.1 Å². The summed E-state index contributed by atoms with van der Waals surface area (Å²) in [5, 5.41) is 5.18. The minimum atomic E-state index is -1.18. The maximum Gasteiger partial charge on any atom is 0.255 e. The maximum absolute atomic E-state index is 14.4. The number of anilines is 1. The van der Waals surface area contributed by atoms with Crippen LogP contribution in [0.15, 0.2) is 49.1 Å². The molecule has 2 N–H and O–H groups in total. The number of carbonyl (C=O) groups excluding carboxylic acids is 5. The number of hydrogen-bond donors (Lipinski definition) is 2. The van der Waals surface area contributed by atoms with Crippen LogP contribution in [-0.2, 0) is 25.7 Å². The van der Waals surface area contributed by atoms with Crippen LogP contribution in [0.25, 0.3) is 0 Å². The maximum atomic E-state index is 14.4. The fraction of sp³-hybridized carbons (Fsp3) is 0.321. The first-order chi connectivity index (χ1) is 18.2. The zero-order valence-corrected chi connectivity index (χ0v) is 20.8. The Morgan fingerprint density at radius 3 is 2.58 bits per heavy atom. The Hall–Kier alpha value is -4.34. The van der Waals surface area contributed by atoms with Gasteiger partial charge in [0.25, 0.3) is 11.8 Å². The lowest BCUT2D eigenvalue weighted by Gasteiger charge is -2.31. The molecule has 5 rings (SSSR count). The molecule has 196 valence electrons. The smallest absolute Gasteiger partial charge is 0.255 e. The predicted molar refractivity (Wildman–Crippen MR) is 135 cm³/mol. The molecule has 1 saturated carbocycles. The van der Waals surface area contributed by atoms with Crippen LogP contribution >= 0.6 is 0 Å². The fourth-order valence-corrected chi connectivity index (χ4v) is 5.06. The molecular weight excluding hydrogens is 491 g/mol. The highest BCUT2D eigenvalue weighted by molar-refractivity contribution is 6.08. The summed E-state index contributed by atoms with van der Waals surface area (Å²) < 4.78 is 14.4. The van der Waals surface area contributed by atoms with Gasteiger partial charge in [-0.1, -0.05) is 12.6 Å². The number of nitrogens with zero attached hydrogens (tertiary/aromatic N) is 2. The number of halogens is 1. The van der Waals surface area contributed by atoms with Crippen molar-refractivity contribution in [1.29, 1.82) is 0 Å². The molecule has 2 atom stereocenters. The van der Waals surface area contributed by atoms with Crippen molar-refractivity contribution in [3.63, 3.8) is 0 Å². The molecule has 0 spiro atoms. The SMILES string of the molecule is C=CC(=O)N(c1ccc2c(c1)CN(C1CCC(=O)NC1=O)C2=O)C(C(=O)NC1CC1)c1cc(C)cc(F)c1. The second-order valence-corrected chi connectivity index (χ2v) is 9.90. The number of imide groups is 1. The molecule has 2 aromatic rings. The minimum Gasteiger partial charge on any atom is -0.351 e. The standard InChI is InChI=1S/C28H27FN4O5/c1-3-24(35)33(25(27(37)30-19-4-5-19)16-10-15(2)11-18(29)12-16)20-6-7-21-17(13-20)14-32(28(21)38)22-8-9-23(34)31-26(22)36/h3,6-7,10-13,19,22,25H,1,4-5,8-9,14H2,2H3,(H,30,37)(H,31,34,36). The molecule has 2 fully saturated rings. The van der Waals surface area contributed by atoms with Gasteiger partial charge in [-0.25, -0.2) is 4.39 Å². The summed E-state index contributed by atoms with van der Waals surface area (Å²) in [7, 11) is 0. The third-order valence-corrected chi connectivity index (χ3v) is 7.01. The number of carbonyl (C=O) groups is 5. The molecule has 5 amide bonds. The highest BCUT2D eigenvalue weighted by atomic mass is 19.1. The van der Waals surface area contributed by atoms with Crippen molar-refractivity contribution >= 4 is 35.2 Å².